The summed E-state index contributed by atoms with van der Waals surface area (Å²) in [4.78, 5) is 35.2. The maximum absolute atomic E-state index is 13.7. The number of thiazole rings is 1. The summed E-state index contributed by atoms with van der Waals surface area (Å²) in [6, 6.07) is 17.0. The fourth-order valence-electron chi connectivity index (χ4n) is 4.36. The summed E-state index contributed by atoms with van der Waals surface area (Å²) >= 11 is 1.33. The monoisotopic (exact) mass is 457 g/mol. The van der Waals surface area contributed by atoms with Crippen molar-refractivity contribution in [2.45, 2.75) is 26.8 Å². The number of ether oxygens (including phenoxy) is 1. The van der Waals surface area contributed by atoms with Crippen LogP contribution in [0.2, 0.25) is 0 Å². The van der Waals surface area contributed by atoms with Crippen LogP contribution < -0.4 is 14.9 Å². The molecule has 166 valence electrons. The van der Waals surface area contributed by atoms with E-state index in [-0.39, 0.29) is 12.2 Å². The first-order chi connectivity index (χ1) is 16.0. The number of allylic oxidation sites excluding steroid dienone is 1. The molecule has 0 bridgehead atoms. The number of H-pyrrole nitrogens is 1. The van der Waals surface area contributed by atoms with Crippen molar-refractivity contribution < 1.29 is 9.53 Å². The summed E-state index contributed by atoms with van der Waals surface area (Å²) in [5.41, 5.74) is 4.62. The number of benzene rings is 2. The zero-order chi connectivity index (χ0) is 23.1. The van der Waals surface area contributed by atoms with E-state index in [4.69, 9.17) is 4.74 Å². The van der Waals surface area contributed by atoms with E-state index in [1.165, 1.54) is 11.3 Å². The SMILES string of the molecule is CCOC(=O)C1=C(C)N=c2s/c(=C\c3c(C)[nH]c4ccccc34)c(=O)n2C1c1ccccc1. The maximum Gasteiger partial charge on any atom is 0.338 e. The topological polar surface area (TPSA) is 76.4 Å². The lowest BCUT2D eigenvalue weighted by Gasteiger charge is -2.24. The first kappa shape index (κ1) is 21.2. The Bertz CT molecular complexity index is 1590. The second-order valence-electron chi connectivity index (χ2n) is 7.92. The van der Waals surface area contributed by atoms with Crippen molar-refractivity contribution >= 4 is 34.3 Å². The van der Waals surface area contributed by atoms with Crippen LogP contribution in [-0.2, 0) is 9.53 Å². The molecule has 1 unspecified atom stereocenters. The van der Waals surface area contributed by atoms with Crippen molar-refractivity contribution in [2.24, 2.45) is 4.99 Å². The number of para-hydroxylation sites is 1. The van der Waals surface area contributed by atoms with Crippen LogP contribution in [0.25, 0.3) is 17.0 Å². The van der Waals surface area contributed by atoms with Crippen molar-refractivity contribution in [2.75, 3.05) is 6.61 Å². The Kier molecular flexibility index (Phi) is 5.34. The fourth-order valence-corrected chi connectivity index (χ4v) is 5.39. The molecule has 1 atom stereocenters. The Hall–Kier alpha value is -3.71. The minimum absolute atomic E-state index is 0.174. The largest absolute Gasteiger partial charge is 0.463 e. The number of nitrogens with zero attached hydrogens (tertiary/aromatic N) is 2. The van der Waals surface area contributed by atoms with Gasteiger partial charge in [0.2, 0.25) is 0 Å². The van der Waals surface area contributed by atoms with Crippen molar-refractivity contribution in [3.63, 3.8) is 0 Å². The number of carbonyl (C=O) groups excluding carboxylic acids is 1. The molecule has 1 aliphatic rings. The van der Waals surface area contributed by atoms with Gasteiger partial charge in [-0.15, -0.1) is 0 Å². The molecule has 0 spiro atoms. The highest BCUT2D eigenvalue weighted by Gasteiger charge is 2.33. The molecule has 2 aromatic heterocycles. The van der Waals surface area contributed by atoms with Gasteiger partial charge in [0.15, 0.2) is 4.80 Å². The number of rotatable bonds is 4. The first-order valence-corrected chi connectivity index (χ1v) is 11.6. The molecule has 3 heterocycles. The van der Waals surface area contributed by atoms with Crippen LogP contribution >= 0.6 is 11.3 Å². The molecule has 5 rings (SSSR count). The molecule has 0 radical (unpaired) electrons. The van der Waals surface area contributed by atoms with E-state index in [9.17, 15) is 9.59 Å². The summed E-state index contributed by atoms with van der Waals surface area (Å²) in [5.74, 6) is -0.450. The number of aromatic amines is 1. The minimum Gasteiger partial charge on any atom is -0.463 e. The zero-order valence-corrected chi connectivity index (χ0v) is 19.4. The van der Waals surface area contributed by atoms with E-state index >= 15 is 0 Å². The molecule has 0 saturated carbocycles. The van der Waals surface area contributed by atoms with Gasteiger partial charge in [0.05, 0.1) is 28.5 Å². The van der Waals surface area contributed by atoms with Crippen LogP contribution in [0.4, 0.5) is 0 Å². The van der Waals surface area contributed by atoms with E-state index < -0.39 is 12.0 Å². The molecule has 0 aliphatic carbocycles. The summed E-state index contributed by atoms with van der Waals surface area (Å²) in [7, 11) is 0. The summed E-state index contributed by atoms with van der Waals surface area (Å²) in [6.45, 7) is 5.81. The summed E-state index contributed by atoms with van der Waals surface area (Å²) < 4.78 is 7.52. The van der Waals surface area contributed by atoms with E-state index in [1.54, 1.807) is 18.4 Å². The van der Waals surface area contributed by atoms with Gasteiger partial charge in [-0.3, -0.25) is 9.36 Å². The first-order valence-electron chi connectivity index (χ1n) is 10.8. The number of hydrogen-bond acceptors (Lipinski definition) is 5. The molecule has 1 N–H and O–H groups in total. The van der Waals surface area contributed by atoms with Crippen molar-refractivity contribution in [1.82, 2.24) is 9.55 Å². The van der Waals surface area contributed by atoms with Gasteiger partial charge in [-0.25, -0.2) is 9.79 Å². The van der Waals surface area contributed by atoms with E-state index in [0.29, 0.717) is 20.6 Å². The Morgan fingerprint density at radius 1 is 1.15 bits per heavy atom. The quantitative estimate of drug-likeness (QED) is 0.476. The third-order valence-electron chi connectivity index (χ3n) is 5.85. The molecule has 4 aromatic rings. The van der Waals surface area contributed by atoms with E-state index in [0.717, 1.165) is 27.7 Å². The molecule has 33 heavy (non-hydrogen) atoms. The Morgan fingerprint density at radius 2 is 1.88 bits per heavy atom. The highest BCUT2D eigenvalue weighted by molar-refractivity contribution is 7.07. The number of fused-ring (bicyclic) bond motifs is 2. The third-order valence-corrected chi connectivity index (χ3v) is 6.83. The molecule has 1 aliphatic heterocycles. The van der Waals surface area contributed by atoms with Gasteiger partial charge in [0.1, 0.15) is 0 Å². The van der Waals surface area contributed by atoms with Crippen LogP contribution in [0.1, 0.15) is 36.7 Å². The third kappa shape index (κ3) is 3.54. The minimum atomic E-state index is -0.590. The van der Waals surface area contributed by atoms with Crippen molar-refractivity contribution in [1.29, 1.82) is 0 Å². The van der Waals surface area contributed by atoms with E-state index in [2.05, 4.69) is 9.98 Å². The van der Waals surface area contributed by atoms with Crippen molar-refractivity contribution in [3.8, 4) is 0 Å². The molecular weight excluding hydrogens is 434 g/mol. The second kappa shape index (κ2) is 8.33. The van der Waals surface area contributed by atoms with Gasteiger partial charge >= 0.3 is 5.97 Å². The highest BCUT2D eigenvalue weighted by atomic mass is 32.1. The van der Waals surface area contributed by atoms with Gasteiger partial charge in [-0.05, 0) is 38.5 Å². The number of carbonyl (C=O) groups is 1. The molecule has 0 saturated heterocycles. The van der Waals surface area contributed by atoms with Crippen LogP contribution in [0.5, 0.6) is 0 Å². The average Bonchev–Trinajstić information content (AvgIpc) is 3.29. The lowest BCUT2D eigenvalue weighted by Crippen LogP contribution is -2.39. The van der Waals surface area contributed by atoms with Crippen molar-refractivity contribution in [3.05, 3.63) is 102 Å². The maximum atomic E-state index is 13.7. The number of nitrogens with one attached hydrogen (secondary N) is 1. The molecule has 0 amide bonds. The highest BCUT2D eigenvalue weighted by Crippen LogP contribution is 2.30. The van der Waals surface area contributed by atoms with Crippen LogP contribution in [-0.4, -0.2) is 22.1 Å². The molecule has 7 heteroatoms. The second-order valence-corrected chi connectivity index (χ2v) is 8.93. The van der Waals surface area contributed by atoms with Gasteiger partial charge in [-0.2, -0.15) is 0 Å². The normalized spacial score (nSPS) is 16.1. The van der Waals surface area contributed by atoms with Crippen LogP contribution in [0.15, 0.2) is 75.7 Å². The summed E-state index contributed by atoms with van der Waals surface area (Å²) in [6.07, 6.45) is 1.92. The average molecular weight is 458 g/mol. The predicted molar refractivity (Wildman–Crippen MR) is 130 cm³/mol. The van der Waals surface area contributed by atoms with Crippen LogP contribution in [0, 0.1) is 6.92 Å². The zero-order valence-electron chi connectivity index (χ0n) is 18.6. The number of aryl methyl sites for hydroxylation is 1. The Balaban J connectivity index is 1.76. The van der Waals surface area contributed by atoms with Gasteiger partial charge < -0.3 is 9.72 Å². The predicted octanol–water partition coefficient (Wildman–Crippen LogP) is 3.59. The lowest BCUT2D eigenvalue weighted by molar-refractivity contribution is -0.139. The van der Waals surface area contributed by atoms with Gasteiger partial charge in [-0.1, -0.05) is 59.9 Å². The number of aromatic nitrogens is 2. The number of esters is 1. The van der Waals surface area contributed by atoms with Gasteiger partial charge in [0.25, 0.3) is 5.56 Å². The van der Waals surface area contributed by atoms with E-state index in [1.807, 2.05) is 67.6 Å². The Labute approximate surface area is 194 Å². The Morgan fingerprint density at radius 3 is 2.64 bits per heavy atom. The van der Waals surface area contributed by atoms with Gasteiger partial charge in [0, 0.05) is 22.2 Å². The summed E-state index contributed by atoms with van der Waals surface area (Å²) in [5, 5.41) is 1.06. The number of hydrogen-bond donors (Lipinski definition) is 1. The lowest BCUT2D eigenvalue weighted by atomic mass is 9.96. The molecule has 6 nitrogen and oxygen atoms in total. The molecule has 2 aromatic carbocycles. The molecular formula is C26H23N3O3S. The van der Waals surface area contributed by atoms with Crippen LogP contribution in [0.3, 0.4) is 0 Å². The fraction of sp³-hybridized carbons (Fsp3) is 0.192. The molecule has 0 fully saturated rings. The smallest absolute Gasteiger partial charge is 0.338 e. The standard InChI is InChI=1S/C26H23N3O3S/c1-4-32-25(31)22-16(3)28-26-29(23(22)17-10-6-5-7-11-17)24(30)21(33-26)14-19-15(2)27-20-13-9-8-12-18(19)20/h5-14,23,27H,4H2,1-3H3/b21-14-.